The van der Waals surface area contributed by atoms with E-state index in [1.54, 1.807) is 36.4 Å². The molecule has 2 rings (SSSR count). The Morgan fingerprint density at radius 2 is 1.64 bits per heavy atom. The molecule has 1 amide bonds. The van der Waals surface area contributed by atoms with Gasteiger partial charge in [0.25, 0.3) is 0 Å². The fourth-order valence-corrected chi connectivity index (χ4v) is 2.23. The summed E-state index contributed by atoms with van der Waals surface area (Å²) < 4.78 is 0. The molecule has 0 unspecified atom stereocenters. The Balaban J connectivity index is 2.24. The van der Waals surface area contributed by atoms with Crippen LogP contribution in [0.4, 0.5) is 0 Å². The van der Waals surface area contributed by atoms with Crippen molar-refractivity contribution in [3.05, 3.63) is 59.2 Å². The van der Waals surface area contributed by atoms with Gasteiger partial charge >= 0.3 is 0 Å². The largest absolute Gasteiger partial charge is 0.508 e. The Labute approximate surface area is 146 Å². The summed E-state index contributed by atoms with van der Waals surface area (Å²) in [6.07, 6.45) is 7.40. The van der Waals surface area contributed by atoms with E-state index in [2.05, 4.69) is 5.32 Å². The van der Waals surface area contributed by atoms with Gasteiger partial charge in [0, 0.05) is 18.7 Å². The van der Waals surface area contributed by atoms with Crippen LogP contribution >= 0.6 is 0 Å². The summed E-state index contributed by atoms with van der Waals surface area (Å²) in [5, 5.41) is 31.5. The number of hydrogen-bond acceptors (Lipinski definition) is 4. The Morgan fingerprint density at radius 3 is 2.32 bits per heavy atom. The number of rotatable bonds is 6. The molecule has 0 aliphatic heterocycles. The van der Waals surface area contributed by atoms with E-state index in [1.165, 1.54) is 24.3 Å². The summed E-state index contributed by atoms with van der Waals surface area (Å²) >= 11 is 0. The molecule has 0 fully saturated rings. The van der Waals surface area contributed by atoms with Crippen molar-refractivity contribution in [2.24, 2.45) is 0 Å². The van der Waals surface area contributed by atoms with Gasteiger partial charge in [-0.1, -0.05) is 25.1 Å². The monoisotopic (exact) mass is 339 g/mol. The van der Waals surface area contributed by atoms with Crippen LogP contribution in [0.2, 0.25) is 0 Å². The maximum atomic E-state index is 11.7. The molecule has 4 N–H and O–H groups in total. The van der Waals surface area contributed by atoms with Gasteiger partial charge in [-0.05, 0) is 53.5 Å². The van der Waals surface area contributed by atoms with Crippen LogP contribution < -0.4 is 5.32 Å². The summed E-state index contributed by atoms with van der Waals surface area (Å²) in [5.41, 5.74) is 2.08. The molecule has 0 aromatic heterocycles. The molecule has 2 aromatic carbocycles. The minimum atomic E-state index is -0.196. The molecule has 25 heavy (non-hydrogen) atoms. The van der Waals surface area contributed by atoms with Gasteiger partial charge in [-0.2, -0.15) is 0 Å². The lowest BCUT2D eigenvalue weighted by Crippen LogP contribution is -2.21. The first-order valence-electron chi connectivity index (χ1n) is 7.98. The smallest absolute Gasteiger partial charge is 0.243 e. The first-order chi connectivity index (χ1) is 12.0. The summed E-state index contributed by atoms with van der Waals surface area (Å²) in [4.78, 5) is 11.7. The zero-order valence-electron chi connectivity index (χ0n) is 13.9. The van der Waals surface area contributed by atoms with Gasteiger partial charge in [0.05, 0.1) is 0 Å². The van der Waals surface area contributed by atoms with Crippen LogP contribution in [-0.4, -0.2) is 27.8 Å². The van der Waals surface area contributed by atoms with E-state index in [0.717, 1.165) is 12.0 Å². The number of hydrogen-bond donors (Lipinski definition) is 4. The van der Waals surface area contributed by atoms with Gasteiger partial charge < -0.3 is 20.6 Å². The number of amides is 1. The SMILES string of the molecule is CCCNC(=O)/C=C/c1cc(O)ccc1/C=C/c1cc(O)cc(O)c1. The topological polar surface area (TPSA) is 89.8 Å². The van der Waals surface area contributed by atoms with Crippen molar-refractivity contribution >= 4 is 24.1 Å². The van der Waals surface area contributed by atoms with Crippen molar-refractivity contribution in [1.29, 1.82) is 0 Å². The van der Waals surface area contributed by atoms with Crippen LogP contribution in [0, 0.1) is 0 Å². The van der Waals surface area contributed by atoms with E-state index in [9.17, 15) is 20.1 Å². The summed E-state index contributed by atoms with van der Waals surface area (Å²) in [7, 11) is 0. The molecule has 0 atom stereocenters. The molecule has 0 aliphatic rings. The number of phenolic OH excluding ortho intramolecular Hbond substituents is 3. The van der Waals surface area contributed by atoms with Gasteiger partial charge in [0.15, 0.2) is 0 Å². The highest BCUT2D eigenvalue weighted by Crippen LogP contribution is 2.24. The highest BCUT2D eigenvalue weighted by molar-refractivity contribution is 5.92. The van der Waals surface area contributed by atoms with Gasteiger partial charge in [-0.3, -0.25) is 4.79 Å². The second kappa shape index (κ2) is 8.59. The van der Waals surface area contributed by atoms with E-state index in [1.807, 2.05) is 6.92 Å². The Morgan fingerprint density at radius 1 is 0.920 bits per heavy atom. The number of aromatic hydroxyl groups is 3. The second-order valence-corrected chi connectivity index (χ2v) is 5.55. The van der Waals surface area contributed by atoms with Gasteiger partial charge in [0.1, 0.15) is 17.2 Å². The van der Waals surface area contributed by atoms with Crippen molar-refractivity contribution in [2.45, 2.75) is 13.3 Å². The molecule has 5 nitrogen and oxygen atoms in total. The number of carbonyl (C=O) groups is 1. The van der Waals surface area contributed by atoms with E-state index >= 15 is 0 Å². The number of benzene rings is 2. The first kappa shape index (κ1) is 18.1. The molecular formula is C20H21NO4. The first-order valence-corrected chi connectivity index (χ1v) is 7.98. The molecule has 5 heteroatoms. The summed E-state index contributed by atoms with van der Waals surface area (Å²) in [5.74, 6) is -0.157. The molecule has 0 heterocycles. The Bertz CT molecular complexity index is 789. The van der Waals surface area contributed by atoms with Crippen LogP contribution in [0.1, 0.15) is 30.0 Å². The van der Waals surface area contributed by atoms with Gasteiger partial charge in [0.2, 0.25) is 5.91 Å². The van der Waals surface area contributed by atoms with Crippen LogP contribution in [0.5, 0.6) is 17.2 Å². The fourth-order valence-electron chi connectivity index (χ4n) is 2.23. The van der Waals surface area contributed by atoms with Crippen molar-refractivity contribution in [3.63, 3.8) is 0 Å². The maximum Gasteiger partial charge on any atom is 0.243 e. The van der Waals surface area contributed by atoms with E-state index in [-0.39, 0.29) is 23.2 Å². The summed E-state index contributed by atoms with van der Waals surface area (Å²) in [6, 6.07) is 9.12. The zero-order chi connectivity index (χ0) is 18.2. The average molecular weight is 339 g/mol. The molecule has 0 spiro atoms. The fraction of sp³-hybridized carbons (Fsp3) is 0.150. The molecule has 0 aliphatic carbocycles. The highest BCUT2D eigenvalue weighted by Gasteiger charge is 2.01. The van der Waals surface area contributed by atoms with Crippen LogP contribution in [0.15, 0.2) is 42.5 Å². The molecule has 2 aromatic rings. The highest BCUT2D eigenvalue weighted by atomic mass is 16.3. The quantitative estimate of drug-likeness (QED) is 0.479. The van der Waals surface area contributed by atoms with Crippen molar-refractivity contribution in [1.82, 2.24) is 5.32 Å². The number of nitrogens with one attached hydrogen (secondary N) is 1. The zero-order valence-corrected chi connectivity index (χ0v) is 13.9. The van der Waals surface area contributed by atoms with E-state index in [0.29, 0.717) is 17.7 Å². The Hall–Kier alpha value is -3.21. The lowest BCUT2D eigenvalue weighted by Gasteiger charge is -2.04. The Kier molecular flexibility index (Phi) is 6.23. The third-order valence-corrected chi connectivity index (χ3v) is 3.41. The van der Waals surface area contributed by atoms with E-state index < -0.39 is 0 Å². The third-order valence-electron chi connectivity index (χ3n) is 3.41. The second-order valence-electron chi connectivity index (χ2n) is 5.55. The van der Waals surface area contributed by atoms with Crippen molar-refractivity contribution in [3.8, 4) is 17.2 Å². The van der Waals surface area contributed by atoms with Gasteiger partial charge in [-0.15, -0.1) is 0 Å². The third kappa shape index (κ3) is 5.73. The van der Waals surface area contributed by atoms with Crippen molar-refractivity contribution in [2.75, 3.05) is 6.54 Å². The summed E-state index contributed by atoms with van der Waals surface area (Å²) in [6.45, 7) is 2.58. The van der Waals surface area contributed by atoms with Gasteiger partial charge in [-0.25, -0.2) is 0 Å². The molecule has 0 saturated heterocycles. The minimum absolute atomic E-state index is 0.0296. The number of carbonyl (C=O) groups excluding carboxylic acids is 1. The predicted molar refractivity (Wildman–Crippen MR) is 99.1 cm³/mol. The van der Waals surface area contributed by atoms with Crippen LogP contribution in [-0.2, 0) is 4.79 Å². The normalized spacial score (nSPS) is 11.2. The average Bonchev–Trinajstić information content (AvgIpc) is 2.56. The van der Waals surface area contributed by atoms with Crippen LogP contribution in [0.25, 0.3) is 18.2 Å². The van der Waals surface area contributed by atoms with Crippen LogP contribution in [0.3, 0.4) is 0 Å². The molecular weight excluding hydrogens is 318 g/mol. The number of phenols is 3. The molecule has 0 bridgehead atoms. The molecule has 0 saturated carbocycles. The maximum absolute atomic E-state index is 11.7. The molecule has 0 radical (unpaired) electrons. The van der Waals surface area contributed by atoms with Crippen molar-refractivity contribution < 1.29 is 20.1 Å². The lowest BCUT2D eigenvalue weighted by molar-refractivity contribution is -0.116. The predicted octanol–water partition coefficient (Wildman–Crippen LogP) is 3.51. The lowest BCUT2D eigenvalue weighted by atomic mass is 10.0. The minimum Gasteiger partial charge on any atom is -0.508 e. The van der Waals surface area contributed by atoms with E-state index in [4.69, 9.17) is 0 Å². The standard InChI is InChI=1S/C20H21NO4/c1-2-9-21-20(25)8-6-16-12-17(22)7-5-15(16)4-3-14-10-18(23)13-19(24)11-14/h3-8,10-13,22-24H,2,9H2,1H3,(H,21,25)/b4-3+,8-6+. The molecule has 130 valence electrons.